The summed E-state index contributed by atoms with van der Waals surface area (Å²) in [4.78, 5) is 29.9. The van der Waals surface area contributed by atoms with Crippen molar-refractivity contribution in [2.24, 2.45) is 5.10 Å². The smallest absolute Gasteiger partial charge is 0.315 e. The highest BCUT2D eigenvalue weighted by atomic mass is 16.6. The van der Waals surface area contributed by atoms with E-state index in [2.05, 4.69) is 24.9 Å². The molecule has 0 radical (unpaired) electrons. The molecular formula is C32H32N4O6. The van der Waals surface area contributed by atoms with Crippen molar-refractivity contribution in [3.05, 3.63) is 85.7 Å². The van der Waals surface area contributed by atoms with Gasteiger partial charge in [-0.3, -0.25) is 14.9 Å². The molecule has 4 rings (SSSR count). The topological polar surface area (TPSA) is 118 Å². The first-order valence-electron chi connectivity index (χ1n) is 13.5. The number of hydrogen-bond donors (Lipinski definition) is 0. The lowest BCUT2D eigenvalue weighted by Gasteiger charge is -2.18. The van der Waals surface area contributed by atoms with Gasteiger partial charge >= 0.3 is 5.69 Å². The molecule has 0 N–H and O–H groups in total. The van der Waals surface area contributed by atoms with Crippen molar-refractivity contribution in [3.63, 3.8) is 0 Å². The minimum atomic E-state index is -0.586. The summed E-state index contributed by atoms with van der Waals surface area (Å²) >= 11 is 0. The summed E-state index contributed by atoms with van der Waals surface area (Å²) in [7, 11) is 0. The fourth-order valence-electron chi connectivity index (χ4n) is 4.54. The fraction of sp³-hybridized carbons (Fsp3) is 0.281. The number of nitrogens with zero attached hydrogens (tertiary/aromatic N) is 4. The van der Waals surface area contributed by atoms with Gasteiger partial charge in [-0.25, -0.2) is 4.98 Å². The summed E-state index contributed by atoms with van der Waals surface area (Å²) in [6.45, 7) is 10.3. The number of terminal acetylenes is 1. The lowest BCUT2D eigenvalue weighted by Crippen LogP contribution is -2.21. The highest BCUT2D eigenvalue weighted by Gasteiger charge is 2.23. The van der Waals surface area contributed by atoms with Crippen LogP contribution in [-0.4, -0.2) is 40.6 Å². The first-order valence-corrected chi connectivity index (χ1v) is 13.5. The number of ether oxygens (including phenoxy) is 3. The van der Waals surface area contributed by atoms with E-state index in [1.54, 1.807) is 31.2 Å². The molecule has 4 aromatic rings. The summed E-state index contributed by atoms with van der Waals surface area (Å²) in [5, 5.41) is 16.8. The highest BCUT2D eigenvalue weighted by molar-refractivity contribution is 5.84. The third-order valence-corrected chi connectivity index (χ3v) is 6.45. The molecule has 0 fully saturated rings. The molecule has 1 heterocycles. The molecule has 0 saturated heterocycles. The first kappa shape index (κ1) is 29.8. The molecule has 216 valence electrons. The number of fused-ring (bicyclic) bond motifs is 1. The molecule has 0 aliphatic heterocycles. The van der Waals surface area contributed by atoms with Crippen molar-refractivity contribution in [1.29, 1.82) is 0 Å². The van der Waals surface area contributed by atoms with Gasteiger partial charge in [-0.1, -0.05) is 31.9 Å². The number of para-hydroxylation sites is 1. The summed E-state index contributed by atoms with van der Waals surface area (Å²) in [6, 6.07) is 13.8. The van der Waals surface area contributed by atoms with Crippen molar-refractivity contribution >= 4 is 22.8 Å². The number of benzene rings is 3. The Balaban J connectivity index is 1.95. The predicted octanol–water partition coefficient (Wildman–Crippen LogP) is 6.10. The second-order valence-electron chi connectivity index (χ2n) is 9.66. The van der Waals surface area contributed by atoms with Crippen molar-refractivity contribution in [2.75, 3.05) is 19.8 Å². The van der Waals surface area contributed by atoms with E-state index in [0.29, 0.717) is 34.5 Å². The van der Waals surface area contributed by atoms with E-state index in [9.17, 15) is 14.9 Å². The van der Waals surface area contributed by atoms with Gasteiger partial charge in [0, 0.05) is 17.2 Å². The average Bonchev–Trinajstić information content (AvgIpc) is 2.96. The molecule has 0 unspecified atom stereocenters. The van der Waals surface area contributed by atoms with E-state index in [1.165, 1.54) is 17.0 Å². The van der Waals surface area contributed by atoms with E-state index in [4.69, 9.17) is 25.6 Å². The number of aromatic nitrogens is 2. The maximum absolute atomic E-state index is 13.8. The molecule has 0 amide bonds. The van der Waals surface area contributed by atoms with Gasteiger partial charge in [-0.05, 0) is 68.1 Å². The monoisotopic (exact) mass is 568 g/mol. The van der Waals surface area contributed by atoms with Gasteiger partial charge in [-0.15, -0.1) is 6.42 Å². The van der Waals surface area contributed by atoms with Crippen LogP contribution in [0, 0.1) is 29.4 Å². The van der Waals surface area contributed by atoms with Gasteiger partial charge in [0.15, 0.2) is 11.6 Å². The number of nitro benzene ring substituents is 1. The zero-order chi connectivity index (χ0) is 30.4. The van der Waals surface area contributed by atoms with E-state index in [0.717, 1.165) is 16.9 Å². The standard InChI is InChI=1S/C32H32N4O6/c1-7-14-42-30-27(36(38)39)16-22(17-29(30)41-9-3)19-33-35-31(34-26-13-11-10-12-23(26)32(35)37)25-18-24(20(4)5)28(40-8-2)15-21(25)6/h1,10-13,15-20H,8-9,14H2,2-6H3. The minimum absolute atomic E-state index is 0.0756. The van der Waals surface area contributed by atoms with Gasteiger partial charge < -0.3 is 14.2 Å². The summed E-state index contributed by atoms with van der Waals surface area (Å²) in [5.41, 5.74) is 2.63. The first-order chi connectivity index (χ1) is 20.2. The Labute approximate surface area is 243 Å². The van der Waals surface area contributed by atoms with Crippen molar-refractivity contribution in [3.8, 4) is 41.0 Å². The van der Waals surface area contributed by atoms with Crippen LogP contribution in [0.5, 0.6) is 17.2 Å². The van der Waals surface area contributed by atoms with Crippen LogP contribution >= 0.6 is 0 Å². The molecule has 10 heteroatoms. The molecule has 0 atom stereocenters. The molecule has 0 bridgehead atoms. The molecule has 0 spiro atoms. The number of nitro groups is 1. The van der Waals surface area contributed by atoms with E-state index in [-0.39, 0.29) is 41.9 Å². The van der Waals surface area contributed by atoms with Gasteiger partial charge in [0.1, 0.15) is 12.4 Å². The molecule has 3 aromatic carbocycles. The van der Waals surface area contributed by atoms with Crippen LogP contribution in [0.15, 0.2) is 58.4 Å². The van der Waals surface area contributed by atoms with Crippen LogP contribution in [0.25, 0.3) is 22.3 Å². The molecular weight excluding hydrogens is 536 g/mol. The molecule has 0 aliphatic carbocycles. The Morgan fingerprint density at radius 1 is 1.10 bits per heavy atom. The van der Waals surface area contributed by atoms with E-state index < -0.39 is 4.92 Å². The maximum atomic E-state index is 13.8. The molecule has 0 saturated carbocycles. The summed E-state index contributed by atoms with van der Waals surface area (Å²) in [5.74, 6) is 3.60. The van der Waals surface area contributed by atoms with Crippen molar-refractivity contribution in [2.45, 2.75) is 40.5 Å². The maximum Gasteiger partial charge on any atom is 0.315 e. The van der Waals surface area contributed by atoms with Gasteiger partial charge in [0.2, 0.25) is 5.75 Å². The Bertz CT molecular complexity index is 1770. The van der Waals surface area contributed by atoms with Crippen LogP contribution in [0.3, 0.4) is 0 Å². The van der Waals surface area contributed by atoms with Crippen molar-refractivity contribution < 1.29 is 19.1 Å². The zero-order valence-electron chi connectivity index (χ0n) is 24.2. The van der Waals surface area contributed by atoms with Crippen LogP contribution in [-0.2, 0) is 0 Å². The van der Waals surface area contributed by atoms with Crippen LogP contribution in [0.2, 0.25) is 0 Å². The molecule has 10 nitrogen and oxygen atoms in total. The van der Waals surface area contributed by atoms with Crippen molar-refractivity contribution in [1.82, 2.24) is 9.66 Å². The van der Waals surface area contributed by atoms with Gasteiger partial charge in [0.05, 0.1) is 35.3 Å². The van der Waals surface area contributed by atoms with Crippen LogP contribution in [0.4, 0.5) is 5.69 Å². The molecule has 42 heavy (non-hydrogen) atoms. The number of rotatable bonds is 11. The number of hydrogen-bond acceptors (Lipinski definition) is 8. The van der Waals surface area contributed by atoms with E-state index in [1.807, 2.05) is 32.0 Å². The quantitative estimate of drug-likeness (QED) is 0.0929. The van der Waals surface area contributed by atoms with Crippen LogP contribution < -0.4 is 19.8 Å². The van der Waals surface area contributed by atoms with Gasteiger partial charge in [-0.2, -0.15) is 9.78 Å². The Kier molecular flexibility index (Phi) is 9.22. The third kappa shape index (κ3) is 6.10. The lowest BCUT2D eigenvalue weighted by molar-refractivity contribution is -0.385. The van der Waals surface area contributed by atoms with Gasteiger partial charge in [0.25, 0.3) is 5.56 Å². The van der Waals surface area contributed by atoms with Crippen LogP contribution in [0.1, 0.15) is 50.3 Å². The van der Waals surface area contributed by atoms with E-state index >= 15 is 0 Å². The average molecular weight is 569 g/mol. The summed E-state index contributed by atoms with van der Waals surface area (Å²) < 4.78 is 18.2. The third-order valence-electron chi connectivity index (χ3n) is 6.45. The SMILES string of the molecule is C#CCOc1c(OCC)cc(C=Nn2c(-c3cc(C(C)C)c(OCC)cc3C)nc3ccccc3c2=O)cc1[N+](=O)[O-]. The highest BCUT2D eigenvalue weighted by Crippen LogP contribution is 2.38. The molecule has 1 aromatic heterocycles. The molecule has 0 aliphatic rings. The summed E-state index contributed by atoms with van der Waals surface area (Å²) in [6.07, 6.45) is 6.65. The minimum Gasteiger partial charge on any atom is -0.494 e. The second kappa shape index (κ2) is 13.0. The Morgan fingerprint density at radius 2 is 1.81 bits per heavy atom. The fourth-order valence-corrected chi connectivity index (χ4v) is 4.54. The lowest BCUT2D eigenvalue weighted by atomic mass is 9.96. The normalized spacial score (nSPS) is 11.2. The Morgan fingerprint density at radius 3 is 2.48 bits per heavy atom. The zero-order valence-corrected chi connectivity index (χ0v) is 24.2. The second-order valence-corrected chi connectivity index (χ2v) is 9.66. The number of aryl methyl sites for hydroxylation is 1. The Hall–Kier alpha value is -5.17. The largest absolute Gasteiger partial charge is 0.494 e. The predicted molar refractivity (Wildman–Crippen MR) is 163 cm³/mol.